The van der Waals surface area contributed by atoms with Crippen LogP contribution < -0.4 is 5.73 Å². The molecule has 1 atom stereocenters. The van der Waals surface area contributed by atoms with Crippen LogP contribution in [0.25, 0.3) is 0 Å². The highest BCUT2D eigenvalue weighted by Gasteiger charge is 2.20. The van der Waals surface area contributed by atoms with Crippen molar-refractivity contribution in [1.82, 2.24) is 4.90 Å². The van der Waals surface area contributed by atoms with Gasteiger partial charge in [0.05, 0.1) is 0 Å². The molecule has 1 aliphatic heterocycles. The first-order valence-electron chi connectivity index (χ1n) is 6.57. The largest absolute Gasteiger partial charge is 0.341 e. The van der Waals surface area contributed by atoms with Crippen LogP contribution in [0.2, 0.25) is 0 Å². The quantitative estimate of drug-likeness (QED) is 0.816. The molecule has 1 saturated heterocycles. The number of amides is 1. The van der Waals surface area contributed by atoms with Crippen molar-refractivity contribution in [2.75, 3.05) is 18.8 Å². The number of benzene rings is 1. The second kappa shape index (κ2) is 8.93. The van der Waals surface area contributed by atoms with Gasteiger partial charge in [0.1, 0.15) is 0 Å². The van der Waals surface area contributed by atoms with Crippen LogP contribution in [0.15, 0.2) is 33.6 Å². The van der Waals surface area contributed by atoms with Gasteiger partial charge in [0.15, 0.2) is 0 Å². The summed E-state index contributed by atoms with van der Waals surface area (Å²) >= 11 is 5.14. The predicted octanol–water partition coefficient (Wildman–Crippen LogP) is 3.30. The van der Waals surface area contributed by atoms with E-state index in [-0.39, 0.29) is 24.4 Å². The van der Waals surface area contributed by atoms with Gasteiger partial charge in [-0.05, 0) is 37.1 Å². The maximum absolute atomic E-state index is 12.0. The number of thioether (sulfide) groups is 1. The minimum absolute atomic E-state index is 0. The Bertz CT molecular complexity index is 430. The lowest BCUT2D eigenvalue weighted by atomic mass is 10.1. The van der Waals surface area contributed by atoms with Gasteiger partial charge in [0.25, 0.3) is 0 Å². The van der Waals surface area contributed by atoms with Crippen molar-refractivity contribution in [1.29, 1.82) is 0 Å². The van der Waals surface area contributed by atoms with Gasteiger partial charge < -0.3 is 10.6 Å². The van der Waals surface area contributed by atoms with Crippen LogP contribution >= 0.6 is 40.1 Å². The fourth-order valence-corrected chi connectivity index (χ4v) is 3.29. The van der Waals surface area contributed by atoms with E-state index >= 15 is 0 Å². The number of nitrogens with zero attached hydrogens (tertiary/aromatic N) is 1. The van der Waals surface area contributed by atoms with E-state index in [0.29, 0.717) is 6.42 Å². The molecule has 1 aromatic rings. The zero-order valence-corrected chi connectivity index (χ0v) is 14.5. The molecular weight excluding hydrogens is 360 g/mol. The summed E-state index contributed by atoms with van der Waals surface area (Å²) in [7, 11) is 0. The van der Waals surface area contributed by atoms with Gasteiger partial charge in [0.2, 0.25) is 5.91 Å². The predicted molar refractivity (Wildman–Crippen MR) is 90.5 cm³/mol. The van der Waals surface area contributed by atoms with E-state index in [9.17, 15) is 4.79 Å². The van der Waals surface area contributed by atoms with Crippen LogP contribution in [0.3, 0.4) is 0 Å². The Morgan fingerprint density at radius 2 is 2.10 bits per heavy atom. The Balaban J connectivity index is 0.00000200. The molecule has 0 aromatic heterocycles. The first-order chi connectivity index (χ1) is 9.15. The number of piperidine rings is 1. The maximum atomic E-state index is 12.0. The molecule has 2 N–H and O–H groups in total. The molecule has 3 nitrogen and oxygen atoms in total. The van der Waals surface area contributed by atoms with Gasteiger partial charge in [0, 0.05) is 40.7 Å². The zero-order chi connectivity index (χ0) is 13.7. The lowest BCUT2D eigenvalue weighted by Crippen LogP contribution is -2.45. The van der Waals surface area contributed by atoms with Crippen LogP contribution in [-0.4, -0.2) is 35.7 Å². The van der Waals surface area contributed by atoms with E-state index in [1.807, 2.05) is 17.0 Å². The smallest absolute Gasteiger partial charge is 0.223 e. The standard InChI is InChI=1S/C14H19BrN2OS.ClH/c15-11-3-5-13(6-4-11)19-9-7-14(18)17-8-1-2-12(16)10-17;/h3-6,12H,1-2,7-10,16H2;1H. The molecule has 2 rings (SSSR count). The van der Waals surface area contributed by atoms with Crippen molar-refractivity contribution >= 4 is 46.0 Å². The minimum atomic E-state index is 0. The molecule has 1 aliphatic rings. The molecule has 20 heavy (non-hydrogen) atoms. The van der Waals surface area contributed by atoms with Crippen molar-refractivity contribution < 1.29 is 4.79 Å². The first-order valence-corrected chi connectivity index (χ1v) is 8.35. The van der Waals surface area contributed by atoms with Crippen molar-refractivity contribution in [3.05, 3.63) is 28.7 Å². The Morgan fingerprint density at radius 1 is 1.40 bits per heavy atom. The lowest BCUT2D eigenvalue weighted by Gasteiger charge is -2.30. The number of halogens is 2. The summed E-state index contributed by atoms with van der Waals surface area (Å²) in [5.41, 5.74) is 5.89. The molecule has 1 heterocycles. The Kier molecular flexibility index (Phi) is 7.95. The molecule has 0 radical (unpaired) electrons. The van der Waals surface area contributed by atoms with Crippen LogP contribution in [-0.2, 0) is 4.79 Å². The number of nitrogens with two attached hydrogens (primary N) is 1. The summed E-state index contributed by atoms with van der Waals surface area (Å²) in [6, 6.07) is 8.34. The summed E-state index contributed by atoms with van der Waals surface area (Å²) in [5, 5.41) is 0. The monoisotopic (exact) mass is 378 g/mol. The number of rotatable bonds is 4. The van der Waals surface area contributed by atoms with Crippen LogP contribution in [0.4, 0.5) is 0 Å². The maximum Gasteiger partial charge on any atom is 0.223 e. The van der Waals surface area contributed by atoms with Crippen molar-refractivity contribution in [2.45, 2.75) is 30.2 Å². The molecule has 0 aliphatic carbocycles. The molecule has 6 heteroatoms. The molecule has 1 fully saturated rings. The number of likely N-dealkylation sites (tertiary alicyclic amines) is 1. The molecule has 1 aromatic carbocycles. The number of carbonyl (C=O) groups is 1. The second-order valence-electron chi connectivity index (χ2n) is 4.79. The number of carbonyl (C=O) groups excluding carboxylic acids is 1. The first kappa shape index (κ1) is 17.8. The summed E-state index contributed by atoms with van der Waals surface area (Å²) in [5.74, 6) is 1.06. The minimum Gasteiger partial charge on any atom is -0.341 e. The van der Waals surface area contributed by atoms with Crippen LogP contribution in [0.5, 0.6) is 0 Å². The average molecular weight is 380 g/mol. The van der Waals surface area contributed by atoms with Gasteiger partial charge >= 0.3 is 0 Å². The van der Waals surface area contributed by atoms with E-state index < -0.39 is 0 Å². The third kappa shape index (κ3) is 5.64. The highest BCUT2D eigenvalue weighted by atomic mass is 79.9. The topological polar surface area (TPSA) is 46.3 Å². The zero-order valence-electron chi connectivity index (χ0n) is 11.3. The summed E-state index contributed by atoms with van der Waals surface area (Å²) < 4.78 is 1.08. The molecule has 0 spiro atoms. The van der Waals surface area contributed by atoms with Gasteiger partial charge in [-0.15, -0.1) is 24.2 Å². The van der Waals surface area contributed by atoms with Crippen molar-refractivity contribution in [3.8, 4) is 0 Å². The number of hydrogen-bond acceptors (Lipinski definition) is 3. The van der Waals surface area contributed by atoms with E-state index in [2.05, 4.69) is 28.1 Å². The third-order valence-corrected chi connectivity index (χ3v) is 4.75. The number of hydrogen-bond donors (Lipinski definition) is 1. The van der Waals surface area contributed by atoms with E-state index in [4.69, 9.17) is 5.73 Å². The van der Waals surface area contributed by atoms with E-state index in [1.54, 1.807) is 11.8 Å². The summed E-state index contributed by atoms with van der Waals surface area (Å²) in [6.45, 7) is 1.59. The summed E-state index contributed by atoms with van der Waals surface area (Å²) in [4.78, 5) is 15.2. The average Bonchev–Trinajstić information content (AvgIpc) is 2.41. The van der Waals surface area contributed by atoms with E-state index in [1.165, 1.54) is 4.90 Å². The SMILES string of the molecule is Cl.NC1CCCN(C(=O)CCSc2ccc(Br)cc2)C1. The fraction of sp³-hybridized carbons (Fsp3) is 0.500. The highest BCUT2D eigenvalue weighted by Crippen LogP contribution is 2.21. The van der Waals surface area contributed by atoms with Gasteiger partial charge in [-0.3, -0.25) is 4.79 Å². The molecule has 1 amide bonds. The molecule has 0 bridgehead atoms. The third-order valence-electron chi connectivity index (χ3n) is 3.21. The highest BCUT2D eigenvalue weighted by molar-refractivity contribution is 9.10. The molecule has 1 unspecified atom stereocenters. The van der Waals surface area contributed by atoms with Crippen molar-refractivity contribution in [3.63, 3.8) is 0 Å². The van der Waals surface area contributed by atoms with Crippen LogP contribution in [0.1, 0.15) is 19.3 Å². The van der Waals surface area contributed by atoms with E-state index in [0.717, 1.165) is 36.2 Å². The van der Waals surface area contributed by atoms with Gasteiger partial charge in [-0.25, -0.2) is 0 Å². The molecule has 0 saturated carbocycles. The van der Waals surface area contributed by atoms with Crippen LogP contribution in [0, 0.1) is 0 Å². The summed E-state index contributed by atoms with van der Waals surface area (Å²) in [6.07, 6.45) is 2.66. The van der Waals surface area contributed by atoms with Crippen molar-refractivity contribution in [2.24, 2.45) is 5.73 Å². The fourth-order valence-electron chi connectivity index (χ4n) is 2.18. The van der Waals surface area contributed by atoms with Gasteiger partial charge in [-0.1, -0.05) is 15.9 Å². The Labute approximate surface area is 139 Å². The second-order valence-corrected chi connectivity index (χ2v) is 6.88. The molecule has 112 valence electrons. The Hall–Kier alpha value is -0.230. The normalized spacial score (nSPS) is 18.5. The van der Waals surface area contributed by atoms with Gasteiger partial charge in [-0.2, -0.15) is 0 Å². The lowest BCUT2D eigenvalue weighted by molar-refractivity contribution is -0.131. The molecular formula is C14H20BrClN2OS. The Morgan fingerprint density at radius 3 is 2.75 bits per heavy atom.